The molecule has 1 rings (SSSR count). The molecule has 0 aliphatic carbocycles. The minimum Gasteiger partial charge on any atom is -0.496 e. The van der Waals surface area contributed by atoms with E-state index >= 15 is 0 Å². The summed E-state index contributed by atoms with van der Waals surface area (Å²) < 4.78 is 6.72. The predicted molar refractivity (Wildman–Crippen MR) is 86.0 cm³/mol. The van der Waals surface area contributed by atoms with E-state index < -0.39 is 0 Å². The molecule has 0 saturated heterocycles. The Bertz CT molecular complexity index is 520. The van der Waals surface area contributed by atoms with Gasteiger partial charge in [0.2, 0.25) is 0 Å². The van der Waals surface area contributed by atoms with E-state index in [2.05, 4.69) is 48.1 Å². The highest BCUT2D eigenvalue weighted by Crippen LogP contribution is 2.35. The Kier molecular flexibility index (Phi) is 6.51. The molecule has 4 heteroatoms. The van der Waals surface area contributed by atoms with Gasteiger partial charge in [0.15, 0.2) is 0 Å². The van der Waals surface area contributed by atoms with E-state index in [1.54, 1.807) is 7.11 Å². The number of hydrogen-bond donors (Lipinski definition) is 1. The van der Waals surface area contributed by atoms with Crippen LogP contribution in [0.25, 0.3) is 0 Å². The van der Waals surface area contributed by atoms with Gasteiger partial charge in [-0.25, -0.2) is 0 Å². The topological polar surface area (TPSA) is 45.0 Å². The molecular formula is C16H23BrN2O. The second-order valence-electron chi connectivity index (χ2n) is 5.07. The normalized spacial score (nSPS) is 12.1. The van der Waals surface area contributed by atoms with E-state index in [1.807, 2.05) is 6.92 Å². The van der Waals surface area contributed by atoms with Gasteiger partial charge < -0.3 is 10.1 Å². The first-order valence-corrected chi connectivity index (χ1v) is 7.69. The third kappa shape index (κ3) is 3.53. The molecule has 0 bridgehead atoms. The Morgan fingerprint density at radius 3 is 2.40 bits per heavy atom. The number of rotatable bonds is 6. The second-order valence-corrected chi connectivity index (χ2v) is 5.86. The zero-order valence-corrected chi connectivity index (χ0v) is 14.5. The number of hydrogen-bond acceptors (Lipinski definition) is 3. The highest BCUT2D eigenvalue weighted by molar-refractivity contribution is 9.10. The minimum absolute atomic E-state index is 0.0660. The van der Waals surface area contributed by atoms with Gasteiger partial charge in [-0.15, -0.1) is 0 Å². The van der Waals surface area contributed by atoms with Crippen LogP contribution in [0.3, 0.4) is 0 Å². The van der Waals surface area contributed by atoms with Gasteiger partial charge in [0.25, 0.3) is 0 Å². The molecule has 0 heterocycles. The van der Waals surface area contributed by atoms with Crippen LogP contribution in [0.1, 0.15) is 35.6 Å². The molecule has 3 nitrogen and oxygen atoms in total. The van der Waals surface area contributed by atoms with Crippen molar-refractivity contribution in [1.82, 2.24) is 5.32 Å². The SMILES string of the molecule is CCC(C#N)CNCc1c(C)c(Br)c(C)c(C)c1OC. The highest BCUT2D eigenvalue weighted by atomic mass is 79.9. The fourth-order valence-corrected chi connectivity index (χ4v) is 2.82. The van der Waals surface area contributed by atoms with Crippen molar-refractivity contribution in [3.05, 3.63) is 26.7 Å². The van der Waals surface area contributed by atoms with Crippen molar-refractivity contribution in [1.29, 1.82) is 5.26 Å². The van der Waals surface area contributed by atoms with Crippen molar-refractivity contribution >= 4 is 15.9 Å². The largest absolute Gasteiger partial charge is 0.496 e. The predicted octanol–water partition coefficient (Wildman–Crippen LogP) is 4.02. The van der Waals surface area contributed by atoms with Crippen LogP contribution >= 0.6 is 15.9 Å². The Hall–Kier alpha value is -1.05. The van der Waals surface area contributed by atoms with Crippen LogP contribution in [0.2, 0.25) is 0 Å². The van der Waals surface area contributed by atoms with Gasteiger partial charge in [-0.3, -0.25) is 0 Å². The molecule has 1 aromatic rings. The van der Waals surface area contributed by atoms with E-state index in [4.69, 9.17) is 10.00 Å². The van der Waals surface area contributed by atoms with Crippen LogP contribution in [0.4, 0.5) is 0 Å². The van der Waals surface area contributed by atoms with E-state index in [1.165, 1.54) is 11.1 Å². The summed E-state index contributed by atoms with van der Waals surface area (Å²) in [5.41, 5.74) is 4.73. The van der Waals surface area contributed by atoms with Crippen LogP contribution in [0, 0.1) is 38.0 Å². The van der Waals surface area contributed by atoms with Crippen molar-refractivity contribution in [3.8, 4) is 11.8 Å². The zero-order chi connectivity index (χ0) is 15.3. The monoisotopic (exact) mass is 338 g/mol. The Morgan fingerprint density at radius 1 is 1.25 bits per heavy atom. The summed E-state index contributed by atoms with van der Waals surface area (Å²) in [7, 11) is 1.71. The Balaban J connectivity index is 2.98. The molecule has 0 radical (unpaired) electrons. The smallest absolute Gasteiger partial charge is 0.126 e. The zero-order valence-electron chi connectivity index (χ0n) is 12.9. The fourth-order valence-electron chi connectivity index (χ4n) is 2.29. The maximum Gasteiger partial charge on any atom is 0.126 e. The van der Waals surface area contributed by atoms with Crippen molar-refractivity contribution in [3.63, 3.8) is 0 Å². The second kappa shape index (κ2) is 7.66. The van der Waals surface area contributed by atoms with E-state index in [0.29, 0.717) is 13.1 Å². The Morgan fingerprint density at radius 2 is 1.90 bits per heavy atom. The maximum atomic E-state index is 8.98. The lowest BCUT2D eigenvalue weighted by atomic mass is 9.98. The van der Waals surface area contributed by atoms with E-state index in [-0.39, 0.29) is 5.92 Å². The summed E-state index contributed by atoms with van der Waals surface area (Å²) >= 11 is 3.66. The van der Waals surface area contributed by atoms with Crippen molar-refractivity contribution < 1.29 is 4.74 Å². The molecular weight excluding hydrogens is 316 g/mol. The summed E-state index contributed by atoms with van der Waals surface area (Å²) in [6.07, 6.45) is 0.871. The van der Waals surface area contributed by atoms with Crippen molar-refractivity contribution in [2.75, 3.05) is 13.7 Å². The fraction of sp³-hybridized carbons (Fsp3) is 0.562. The van der Waals surface area contributed by atoms with Gasteiger partial charge in [0.05, 0.1) is 19.1 Å². The number of halogens is 1. The molecule has 0 spiro atoms. The number of methoxy groups -OCH3 is 1. The van der Waals surface area contributed by atoms with Crippen LogP contribution in [0.5, 0.6) is 5.75 Å². The number of nitrogens with one attached hydrogen (secondary N) is 1. The molecule has 0 fully saturated rings. The van der Waals surface area contributed by atoms with E-state index in [9.17, 15) is 0 Å². The lowest BCUT2D eigenvalue weighted by Gasteiger charge is -2.19. The first kappa shape index (κ1) is 17.0. The van der Waals surface area contributed by atoms with Gasteiger partial charge in [-0.1, -0.05) is 22.9 Å². The van der Waals surface area contributed by atoms with Gasteiger partial charge >= 0.3 is 0 Å². The third-order valence-electron chi connectivity index (χ3n) is 3.86. The molecule has 1 aromatic carbocycles. The molecule has 20 heavy (non-hydrogen) atoms. The number of nitrogens with zero attached hydrogens (tertiary/aromatic N) is 1. The lowest BCUT2D eigenvalue weighted by Crippen LogP contribution is -2.22. The van der Waals surface area contributed by atoms with Crippen LogP contribution < -0.4 is 10.1 Å². The molecule has 0 aromatic heterocycles. The first-order chi connectivity index (χ1) is 9.47. The molecule has 0 aliphatic heterocycles. The van der Waals surface area contributed by atoms with Crippen LogP contribution in [-0.2, 0) is 6.54 Å². The van der Waals surface area contributed by atoms with Crippen molar-refractivity contribution in [2.24, 2.45) is 5.92 Å². The summed E-state index contributed by atoms with van der Waals surface area (Å²) in [5, 5.41) is 12.4. The van der Waals surface area contributed by atoms with Crippen LogP contribution in [-0.4, -0.2) is 13.7 Å². The molecule has 0 amide bonds. The maximum absolute atomic E-state index is 8.98. The average Bonchev–Trinajstić information content (AvgIpc) is 2.46. The van der Waals surface area contributed by atoms with Gasteiger partial charge in [0, 0.05) is 23.1 Å². The molecule has 1 unspecified atom stereocenters. The number of ether oxygens (including phenoxy) is 1. The summed E-state index contributed by atoms with van der Waals surface area (Å²) in [6, 6.07) is 2.31. The van der Waals surface area contributed by atoms with Crippen molar-refractivity contribution in [2.45, 2.75) is 40.7 Å². The average molecular weight is 339 g/mol. The van der Waals surface area contributed by atoms with Crippen LogP contribution in [0.15, 0.2) is 4.47 Å². The van der Waals surface area contributed by atoms with E-state index in [0.717, 1.165) is 27.8 Å². The van der Waals surface area contributed by atoms with Gasteiger partial charge in [0.1, 0.15) is 5.75 Å². The molecule has 1 N–H and O–H groups in total. The standard InChI is InChI=1S/C16H23BrN2O/c1-6-13(7-18)8-19-9-14-12(4)15(17)10(2)11(3)16(14)20-5/h13,19H,6,8-9H2,1-5H3. The molecule has 110 valence electrons. The molecule has 0 saturated carbocycles. The Labute approximate surface area is 130 Å². The number of benzene rings is 1. The molecule has 1 atom stereocenters. The van der Waals surface area contributed by atoms with Gasteiger partial charge in [-0.2, -0.15) is 5.26 Å². The highest BCUT2D eigenvalue weighted by Gasteiger charge is 2.16. The quantitative estimate of drug-likeness (QED) is 0.851. The van der Waals surface area contributed by atoms with Gasteiger partial charge in [-0.05, 0) is 43.9 Å². The minimum atomic E-state index is 0.0660. The number of nitriles is 1. The molecule has 0 aliphatic rings. The summed E-state index contributed by atoms with van der Waals surface area (Å²) in [6.45, 7) is 9.72. The third-order valence-corrected chi connectivity index (χ3v) is 5.05. The lowest BCUT2D eigenvalue weighted by molar-refractivity contribution is 0.402. The summed E-state index contributed by atoms with van der Waals surface area (Å²) in [4.78, 5) is 0. The first-order valence-electron chi connectivity index (χ1n) is 6.90. The summed E-state index contributed by atoms with van der Waals surface area (Å²) in [5.74, 6) is 1.01.